The lowest BCUT2D eigenvalue weighted by atomic mass is 10.1. The van der Waals surface area contributed by atoms with E-state index in [-0.39, 0.29) is 18.3 Å². The van der Waals surface area contributed by atoms with Crippen LogP contribution in [0, 0.1) is 0 Å². The second kappa shape index (κ2) is 8.69. The maximum absolute atomic E-state index is 9.23. The average molecular weight is 212 g/mol. The highest BCUT2D eigenvalue weighted by molar-refractivity contribution is 4.78. The Hall–Kier alpha value is -0.600. The summed E-state index contributed by atoms with van der Waals surface area (Å²) in [6.07, 6.45) is 7.25. The summed E-state index contributed by atoms with van der Waals surface area (Å²) in [5.41, 5.74) is 0. The van der Waals surface area contributed by atoms with Gasteiger partial charge in [0.2, 0.25) is 0 Å². The fourth-order valence-corrected chi connectivity index (χ4v) is 1.60. The van der Waals surface area contributed by atoms with Gasteiger partial charge >= 0.3 is 0 Å². The quantitative estimate of drug-likeness (QED) is 0.595. The second-order valence-corrected chi connectivity index (χ2v) is 4.04. The van der Waals surface area contributed by atoms with Crippen molar-refractivity contribution in [3.63, 3.8) is 0 Å². The van der Waals surface area contributed by atoms with Gasteiger partial charge in [-0.2, -0.15) is 0 Å². The SMILES string of the molecule is C=CCC[C@H](CC=C)O[C@@H](C)C[C@@H](C)O. The molecule has 2 heteroatoms. The van der Waals surface area contributed by atoms with E-state index in [0.717, 1.165) is 19.3 Å². The molecule has 0 saturated carbocycles. The molecule has 88 valence electrons. The summed E-state index contributed by atoms with van der Waals surface area (Å²) >= 11 is 0. The molecule has 0 aromatic carbocycles. The predicted molar refractivity (Wildman–Crippen MR) is 64.9 cm³/mol. The molecule has 0 spiro atoms. The largest absolute Gasteiger partial charge is 0.393 e. The molecule has 0 aliphatic rings. The van der Waals surface area contributed by atoms with E-state index in [1.54, 1.807) is 6.92 Å². The molecule has 0 heterocycles. The molecule has 15 heavy (non-hydrogen) atoms. The van der Waals surface area contributed by atoms with Gasteiger partial charge in [-0.25, -0.2) is 0 Å². The molecular formula is C13H24O2. The van der Waals surface area contributed by atoms with Crippen LogP contribution in [-0.4, -0.2) is 23.4 Å². The van der Waals surface area contributed by atoms with Gasteiger partial charge in [0.1, 0.15) is 0 Å². The van der Waals surface area contributed by atoms with Gasteiger partial charge in [-0.05, 0) is 39.5 Å². The number of aliphatic hydroxyl groups excluding tert-OH is 1. The van der Waals surface area contributed by atoms with Crippen molar-refractivity contribution in [1.29, 1.82) is 0 Å². The highest BCUT2D eigenvalue weighted by Gasteiger charge is 2.13. The number of rotatable bonds is 9. The van der Waals surface area contributed by atoms with Crippen LogP contribution in [0.5, 0.6) is 0 Å². The number of allylic oxidation sites excluding steroid dienone is 1. The summed E-state index contributed by atoms with van der Waals surface area (Å²) in [5, 5.41) is 9.23. The van der Waals surface area contributed by atoms with Crippen molar-refractivity contribution in [1.82, 2.24) is 0 Å². The molecular weight excluding hydrogens is 188 g/mol. The zero-order valence-corrected chi connectivity index (χ0v) is 9.98. The number of ether oxygens (including phenoxy) is 1. The highest BCUT2D eigenvalue weighted by Crippen LogP contribution is 2.13. The molecule has 1 N–H and O–H groups in total. The van der Waals surface area contributed by atoms with Crippen LogP contribution in [0.4, 0.5) is 0 Å². The highest BCUT2D eigenvalue weighted by atomic mass is 16.5. The lowest BCUT2D eigenvalue weighted by Gasteiger charge is -2.22. The first-order valence-corrected chi connectivity index (χ1v) is 5.65. The normalized spacial score (nSPS) is 16.7. The fraction of sp³-hybridized carbons (Fsp3) is 0.692. The lowest BCUT2D eigenvalue weighted by Crippen LogP contribution is -2.22. The van der Waals surface area contributed by atoms with E-state index in [9.17, 15) is 5.11 Å². The summed E-state index contributed by atoms with van der Waals surface area (Å²) < 4.78 is 5.82. The van der Waals surface area contributed by atoms with Crippen LogP contribution in [0.1, 0.15) is 39.5 Å². The zero-order valence-electron chi connectivity index (χ0n) is 9.98. The van der Waals surface area contributed by atoms with Crippen molar-refractivity contribution in [2.75, 3.05) is 0 Å². The molecule has 0 saturated heterocycles. The number of aliphatic hydroxyl groups is 1. The van der Waals surface area contributed by atoms with Crippen molar-refractivity contribution < 1.29 is 9.84 Å². The molecule has 0 amide bonds. The van der Waals surface area contributed by atoms with Crippen molar-refractivity contribution in [2.45, 2.75) is 57.8 Å². The molecule has 0 aromatic rings. The Balaban J connectivity index is 3.90. The summed E-state index contributed by atoms with van der Waals surface area (Å²) in [7, 11) is 0. The Kier molecular flexibility index (Phi) is 8.34. The molecule has 0 bridgehead atoms. The van der Waals surface area contributed by atoms with Crippen LogP contribution in [0.3, 0.4) is 0 Å². The van der Waals surface area contributed by atoms with Crippen LogP contribution in [0.25, 0.3) is 0 Å². The molecule has 0 aliphatic heterocycles. The third kappa shape index (κ3) is 8.40. The topological polar surface area (TPSA) is 29.5 Å². The van der Waals surface area contributed by atoms with Gasteiger partial charge in [-0.3, -0.25) is 0 Å². The van der Waals surface area contributed by atoms with E-state index in [4.69, 9.17) is 4.74 Å². The van der Waals surface area contributed by atoms with Crippen LogP contribution < -0.4 is 0 Å². The maximum atomic E-state index is 9.23. The van der Waals surface area contributed by atoms with Crippen molar-refractivity contribution in [3.05, 3.63) is 25.3 Å². The Bertz CT molecular complexity index is 175. The number of hydrogen-bond acceptors (Lipinski definition) is 2. The smallest absolute Gasteiger partial charge is 0.0616 e. The fourth-order valence-electron chi connectivity index (χ4n) is 1.60. The molecule has 0 aliphatic carbocycles. The van der Waals surface area contributed by atoms with E-state index in [1.807, 2.05) is 19.1 Å². The standard InChI is InChI=1S/C13H24O2/c1-5-7-9-13(8-6-2)15-12(4)10-11(3)14/h5-6,11-14H,1-2,7-10H2,3-4H3/t11-,12+,13+/m1/s1. The third-order valence-corrected chi connectivity index (χ3v) is 2.22. The first-order chi connectivity index (χ1) is 7.10. The van der Waals surface area contributed by atoms with Crippen molar-refractivity contribution >= 4 is 0 Å². The Morgan fingerprint density at radius 3 is 2.40 bits per heavy atom. The zero-order chi connectivity index (χ0) is 11.7. The van der Waals surface area contributed by atoms with E-state index >= 15 is 0 Å². The lowest BCUT2D eigenvalue weighted by molar-refractivity contribution is -0.0253. The third-order valence-electron chi connectivity index (χ3n) is 2.22. The van der Waals surface area contributed by atoms with Gasteiger partial charge in [0, 0.05) is 0 Å². The van der Waals surface area contributed by atoms with Crippen molar-refractivity contribution in [3.8, 4) is 0 Å². The first kappa shape index (κ1) is 14.4. The molecule has 2 nitrogen and oxygen atoms in total. The summed E-state index contributed by atoms with van der Waals surface area (Å²) in [5.74, 6) is 0. The summed E-state index contributed by atoms with van der Waals surface area (Å²) in [4.78, 5) is 0. The minimum absolute atomic E-state index is 0.0970. The van der Waals surface area contributed by atoms with Gasteiger partial charge in [0.05, 0.1) is 18.3 Å². The molecule has 0 radical (unpaired) electrons. The summed E-state index contributed by atoms with van der Waals surface area (Å²) in [6.45, 7) is 11.2. The van der Waals surface area contributed by atoms with Crippen LogP contribution in [-0.2, 0) is 4.74 Å². The molecule has 0 rings (SSSR count). The van der Waals surface area contributed by atoms with Gasteiger partial charge in [0.25, 0.3) is 0 Å². The Labute approximate surface area is 93.6 Å². The Morgan fingerprint density at radius 1 is 1.27 bits per heavy atom. The van der Waals surface area contributed by atoms with E-state index in [1.165, 1.54) is 0 Å². The van der Waals surface area contributed by atoms with Gasteiger partial charge in [0.15, 0.2) is 0 Å². The number of hydrogen-bond donors (Lipinski definition) is 1. The van der Waals surface area contributed by atoms with E-state index < -0.39 is 0 Å². The monoisotopic (exact) mass is 212 g/mol. The maximum Gasteiger partial charge on any atom is 0.0616 e. The minimum Gasteiger partial charge on any atom is -0.393 e. The van der Waals surface area contributed by atoms with Gasteiger partial charge in [-0.1, -0.05) is 12.2 Å². The Morgan fingerprint density at radius 2 is 1.93 bits per heavy atom. The van der Waals surface area contributed by atoms with Crippen LogP contribution >= 0.6 is 0 Å². The minimum atomic E-state index is -0.302. The van der Waals surface area contributed by atoms with Crippen LogP contribution in [0.15, 0.2) is 25.3 Å². The van der Waals surface area contributed by atoms with Gasteiger partial charge < -0.3 is 9.84 Å². The molecule has 0 unspecified atom stereocenters. The molecule has 0 aromatic heterocycles. The average Bonchev–Trinajstić information content (AvgIpc) is 2.13. The first-order valence-electron chi connectivity index (χ1n) is 5.65. The predicted octanol–water partition coefficient (Wildman–Crippen LogP) is 3.07. The molecule has 0 fully saturated rings. The van der Waals surface area contributed by atoms with Crippen LogP contribution in [0.2, 0.25) is 0 Å². The second-order valence-electron chi connectivity index (χ2n) is 4.04. The van der Waals surface area contributed by atoms with Gasteiger partial charge in [-0.15, -0.1) is 13.2 Å². The van der Waals surface area contributed by atoms with Crippen molar-refractivity contribution in [2.24, 2.45) is 0 Å². The summed E-state index contributed by atoms with van der Waals surface area (Å²) in [6, 6.07) is 0. The van der Waals surface area contributed by atoms with E-state index in [2.05, 4.69) is 13.2 Å². The van der Waals surface area contributed by atoms with E-state index in [0.29, 0.717) is 6.42 Å². The molecule has 3 atom stereocenters.